The summed E-state index contributed by atoms with van der Waals surface area (Å²) in [6.45, 7) is 0. The molecule has 0 fully saturated rings. The largest absolute Gasteiger partial charge is 0.368 e. The maximum atomic E-state index is 6.04. The van der Waals surface area contributed by atoms with E-state index in [2.05, 4.69) is 15.2 Å². The van der Waals surface area contributed by atoms with E-state index < -0.39 is 0 Å². The summed E-state index contributed by atoms with van der Waals surface area (Å²) in [5, 5.41) is 9.41. The van der Waals surface area contributed by atoms with Gasteiger partial charge >= 0.3 is 0 Å². The van der Waals surface area contributed by atoms with Crippen LogP contribution in [-0.4, -0.2) is 19.7 Å². The molecule has 2 aromatic rings. The standard InChI is InChI=1S/C9H9Cl2N5S/c1-16-8(12)14-15-9(16)17-4-5-3-13-7(11)2-6(5)10/h2-3H,4H2,1H3,(H2,12,14). The Labute approximate surface area is 112 Å². The maximum Gasteiger partial charge on any atom is 0.222 e. The number of hydrogen-bond acceptors (Lipinski definition) is 5. The summed E-state index contributed by atoms with van der Waals surface area (Å²) in [5.41, 5.74) is 6.47. The van der Waals surface area contributed by atoms with Crippen molar-refractivity contribution in [2.24, 2.45) is 7.05 Å². The van der Waals surface area contributed by atoms with Crippen molar-refractivity contribution in [2.45, 2.75) is 10.9 Å². The van der Waals surface area contributed by atoms with Crippen LogP contribution in [0.15, 0.2) is 17.4 Å². The molecule has 2 aromatic heterocycles. The maximum absolute atomic E-state index is 6.04. The van der Waals surface area contributed by atoms with Crippen molar-refractivity contribution in [1.82, 2.24) is 19.7 Å². The lowest BCUT2D eigenvalue weighted by Crippen LogP contribution is -1.98. The molecule has 0 bridgehead atoms. The van der Waals surface area contributed by atoms with Crippen LogP contribution < -0.4 is 5.73 Å². The average Bonchev–Trinajstić information content (AvgIpc) is 2.59. The molecule has 0 atom stereocenters. The van der Waals surface area contributed by atoms with Gasteiger partial charge in [0.15, 0.2) is 5.16 Å². The van der Waals surface area contributed by atoms with E-state index in [4.69, 9.17) is 28.9 Å². The molecule has 0 aliphatic carbocycles. The number of aromatic nitrogens is 4. The van der Waals surface area contributed by atoms with Gasteiger partial charge in [0.25, 0.3) is 0 Å². The molecule has 0 aromatic carbocycles. The number of halogens is 2. The lowest BCUT2D eigenvalue weighted by Gasteiger charge is -2.03. The first-order valence-electron chi connectivity index (χ1n) is 4.65. The van der Waals surface area contributed by atoms with Gasteiger partial charge in [-0.3, -0.25) is 4.57 Å². The molecule has 2 heterocycles. The first kappa shape index (κ1) is 12.5. The summed E-state index contributed by atoms with van der Waals surface area (Å²) in [6, 6.07) is 1.62. The topological polar surface area (TPSA) is 69.6 Å². The summed E-state index contributed by atoms with van der Waals surface area (Å²) in [7, 11) is 1.80. The summed E-state index contributed by atoms with van der Waals surface area (Å²) in [6.07, 6.45) is 1.65. The lowest BCUT2D eigenvalue weighted by atomic mass is 10.3. The third-order valence-electron chi connectivity index (χ3n) is 2.12. The van der Waals surface area contributed by atoms with Gasteiger partial charge in [-0.25, -0.2) is 4.98 Å². The quantitative estimate of drug-likeness (QED) is 0.694. The monoisotopic (exact) mass is 289 g/mol. The first-order chi connectivity index (χ1) is 8.08. The minimum atomic E-state index is 0.381. The zero-order valence-electron chi connectivity index (χ0n) is 8.89. The van der Waals surface area contributed by atoms with Crippen molar-refractivity contribution in [1.29, 1.82) is 0 Å². The van der Waals surface area contributed by atoms with E-state index in [0.717, 1.165) is 10.7 Å². The van der Waals surface area contributed by atoms with Gasteiger partial charge in [-0.15, -0.1) is 10.2 Å². The fraction of sp³-hybridized carbons (Fsp3) is 0.222. The molecule has 0 saturated carbocycles. The predicted octanol–water partition coefficient (Wildman–Crippen LogP) is 2.39. The van der Waals surface area contributed by atoms with Gasteiger partial charge in [0.05, 0.1) is 0 Å². The second-order valence-electron chi connectivity index (χ2n) is 3.29. The third kappa shape index (κ3) is 2.83. The van der Waals surface area contributed by atoms with Gasteiger partial charge in [0.1, 0.15) is 5.15 Å². The highest BCUT2D eigenvalue weighted by atomic mass is 35.5. The van der Waals surface area contributed by atoms with E-state index in [0.29, 0.717) is 21.9 Å². The van der Waals surface area contributed by atoms with E-state index in [1.165, 1.54) is 11.8 Å². The molecule has 2 N–H and O–H groups in total. The molecular weight excluding hydrogens is 281 g/mol. The van der Waals surface area contributed by atoms with Crippen LogP contribution in [0.4, 0.5) is 5.95 Å². The molecule has 5 nitrogen and oxygen atoms in total. The predicted molar refractivity (Wildman–Crippen MR) is 69.2 cm³/mol. The van der Waals surface area contributed by atoms with Crippen LogP contribution >= 0.6 is 35.0 Å². The van der Waals surface area contributed by atoms with E-state index >= 15 is 0 Å². The Hall–Kier alpha value is -0.980. The Balaban J connectivity index is 2.10. The normalized spacial score (nSPS) is 10.8. The van der Waals surface area contributed by atoms with Crippen molar-refractivity contribution >= 4 is 40.9 Å². The molecule has 0 aliphatic heterocycles. The van der Waals surface area contributed by atoms with Crippen LogP contribution in [0.25, 0.3) is 0 Å². The average molecular weight is 290 g/mol. The van der Waals surface area contributed by atoms with Crippen LogP contribution in [-0.2, 0) is 12.8 Å². The van der Waals surface area contributed by atoms with E-state index in [-0.39, 0.29) is 0 Å². The minimum absolute atomic E-state index is 0.381. The fourth-order valence-corrected chi connectivity index (χ4v) is 2.55. The van der Waals surface area contributed by atoms with Gasteiger partial charge in [0, 0.05) is 24.0 Å². The second-order valence-corrected chi connectivity index (χ2v) is 5.02. The van der Waals surface area contributed by atoms with E-state index in [1.54, 1.807) is 23.9 Å². The second kappa shape index (κ2) is 5.12. The lowest BCUT2D eigenvalue weighted by molar-refractivity contribution is 0.796. The van der Waals surface area contributed by atoms with Crippen molar-refractivity contribution in [3.8, 4) is 0 Å². The van der Waals surface area contributed by atoms with Crippen LogP contribution in [0, 0.1) is 0 Å². The Kier molecular flexibility index (Phi) is 3.76. The molecule has 2 rings (SSSR count). The number of nitrogens with zero attached hydrogens (tertiary/aromatic N) is 4. The smallest absolute Gasteiger partial charge is 0.222 e. The number of nitrogens with two attached hydrogens (primary N) is 1. The van der Waals surface area contributed by atoms with Crippen molar-refractivity contribution in [3.63, 3.8) is 0 Å². The molecule has 0 spiro atoms. The molecular formula is C9H9Cl2N5S. The van der Waals surface area contributed by atoms with Gasteiger partial charge in [0.2, 0.25) is 5.95 Å². The Morgan fingerprint density at radius 3 is 2.76 bits per heavy atom. The van der Waals surface area contributed by atoms with Gasteiger partial charge < -0.3 is 5.73 Å². The van der Waals surface area contributed by atoms with Crippen LogP contribution in [0.5, 0.6) is 0 Å². The number of pyridine rings is 1. The number of rotatable bonds is 3. The molecule has 0 unspecified atom stereocenters. The zero-order chi connectivity index (χ0) is 12.4. The molecule has 0 radical (unpaired) electrons. The Morgan fingerprint density at radius 2 is 2.18 bits per heavy atom. The number of anilines is 1. The van der Waals surface area contributed by atoms with Gasteiger partial charge in [-0.2, -0.15) is 0 Å². The van der Waals surface area contributed by atoms with Crippen LogP contribution in [0.2, 0.25) is 10.2 Å². The van der Waals surface area contributed by atoms with Gasteiger partial charge in [-0.05, 0) is 11.6 Å². The zero-order valence-corrected chi connectivity index (χ0v) is 11.2. The van der Waals surface area contributed by atoms with Crippen molar-refractivity contribution in [2.75, 3.05) is 5.73 Å². The van der Waals surface area contributed by atoms with Crippen LogP contribution in [0.3, 0.4) is 0 Å². The highest BCUT2D eigenvalue weighted by Crippen LogP contribution is 2.26. The molecule has 8 heteroatoms. The molecule has 90 valence electrons. The molecule has 0 aliphatic rings. The van der Waals surface area contributed by atoms with Gasteiger partial charge in [-0.1, -0.05) is 35.0 Å². The van der Waals surface area contributed by atoms with E-state index in [9.17, 15) is 0 Å². The van der Waals surface area contributed by atoms with Crippen LogP contribution in [0.1, 0.15) is 5.56 Å². The number of nitrogen functional groups attached to an aromatic ring is 1. The SMILES string of the molecule is Cn1c(N)nnc1SCc1cnc(Cl)cc1Cl. The minimum Gasteiger partial charge on any atom is -0.368 e. The number of hydrogen-bond donors (Lipinski definition) is 1. The Morgan fingerprint density at radius 1 is 1.41 bits per heavy atom. The molecule has 17 heavy (non-hydrogen) atoms. The summed E-state index contributed by atoms with van der Waals surface area (Å²) in [5.74, 6) is 1.02. The highest BCUT2D eigenvalue weighted by molar-refractivity contribution is 7.98. The number of thioether (sulfide) groups is 1. The summed E-state index contributed by atoms with van der Waals surface area (Å²) < 4.78 is 1.71. The van der Waals surface area contributed by atoms with Crippen molar-refractivity contribution < 1.29 is 0 Å². The van der Waals surface area contributed by atoms with E-state index in [1.807, 2.05) is 0 Å². The fourth-order valence-electron chi connectivity index (χ4n) is 1.14. The first-order valence-corrected chi connectivity index (χ1v) is 6.39. The highest BCUT2D eigenvalue weighted by Gasteiger charge is 2.08. The third-order valence-corrected chi connectivity index (χ3v) is 3.75. The summed E-state index contributed by atoms with van der Waals surface area (Å²) in [4.78, 5) is 3.98. The summed E-state index contributed by atoms with van der Waals surface area (Å²) >= 11 is 13.2. The molecule has 0 saturated heterocycles. The van der Waals surface area contributed by atoms with Crippen molar-refractivity contribution in [3.05, 3.63) is 28.0 Å². The molecule has 0 amide bonds. The Bertz CT molecular complexity index is 542.